The minimum absolute atomic E-state index is 0.564. The molecule has 3 rings (SSSR count). The number of imidazole rings is 1. The number of hydrogen-bond acceptors (Lipinski definition) is 1. The lowest BCUT2D eigenvalue weighted by Gasteiger charge is -2.09. The summed E-state index contributed by atoms with van der Waals surface area (Å²) >= 11 is 6.34. The molecule has 0 unspecified atom stereocenters. The largest absolute Gasteiger partial charge is 0.341 e. The number of hydrogen-bond donors (Lipinski definition) is 1. The molecule has 2 nitrogen and oxygen atoms in total. The van der Waals surface area contributed by atoms with Crippen molar-refractivity contribution in [1.82, 2.24) is 9.97 Å². The summed E-state index contributed by atoms with van der Waals surface area (Å²) in [6, 6.07) is 16.7. The van der Waals surface area contributed by atoms with Crippen molar-refractivity contribution in [2.75, 3.05) is 0 Å². The number of rotatable bonds is 10. The first-order valence-electron chi connectivity index (χ1n) is 11.0. The van der Waals surface area contributed by atoms with Gasteiger partial charge in [0.25, 0.3) is 0 Å². The number of benzene rings is 2. The van der Waals surface area contributed by atoms with Gasteiger partial charge < -0.3 is 4.98 Å². The van der Waals surface area contributed by atoms with Crippen LogP contribution in [0.25, 0.3) is 22.6 Å². The lowest BCUT2D eigenvalue weighted by molar-refractivity contribution is 0.632. The summed E-state index contributed by atoms with van der Waals surface area (Å²) < 4.78 is 0. The van der Waals surface area contributed by atoms with Crippen molar-refractivity contribution < 1.29 is 0 Å². The van der Waals surface area contributed by atoms with Crippen LogP contribution >= 0.6 is 11.6 Å². The van der Waals surface area contributed by atoms with E-state index in [1.165, 1.54) is 54.5 Å². The van der Waals surface area contributed by atoms with Crippen molar-refractivity contribution in [3.63, 3.8) is 0 Å². The molecule has 1 aromatic heterocycles. The highest BCUT2D eigenvalue weighted by atomic mass is 35.5. The lowest BCUT2D eigenvalue weighted by Crippen LogP contribution is -1.97. The molecule has 0 aliphatic heterocycles. The Hall–Kier alpha value is -2.06. The van der Waals surface area contributed by atoms with Gasteiger partial charge in [-0.1, -0.05) is 88.4 Å². The van der Waals surface area contributed by atoms with E-state index in [9.17, 15) is 0 Å². The number of aromatic amines is 1. The molecule has 0 fully saturated rings. The molecule has 0 saturated carbocycles. The second kappa shape index (κ2) is 10.6. The molecule has 1 heterocycles. The van der Waals surface area contributed by atoms with E-state index in [0.29, 0.717) is 5.92 Å². The second-order valence-corrected chi connectivity index (χ2v) is 8.78. The van der Waals surface area contributed by atoms with Crippen LogP contribution in [0.2, 0.25) is 5.02 Å². The lowest BCUT2D eigenvalue weighted by atomic mass is 10.00. The zero-order valence-corrected chi connectivity index (χ0v) is 18.7. The number of nitrogens with zero attached hydrogens (tertiary/aromatic N) is 1. The molecule has 0 atom stereocenters. The number of aromatic nitrogens is 2. The average molecular weight is 409 g/mol. The Morgan fingerprint density at radius 1 is 0.966 bits per heavy atom. The highest BCUT2D eigenvalue weighted by molar-refractivity contribution is 6.30. The fourth-order valence-electron chi connectivity index (χ4n) is 3.85. The van der Waals surface area contributed by atoms with E-state index >= 15 is 0 Å². The Morgan fingerprint density at radius 2 is 1.72 bits per heavy atom. The average Bonchev–Trinajstić information content (AvgIpc) is 3.11. The molecule has 0 aliphatic carbocycles. The molecule has 0 radical (unpaired) electrons. The summed E-state index contributed by atoms with van der Waals surface area (Å²) in [4.78, 5) is 8.70. The molecule has 0 saturated heterocycles. The van der Waals surface area contributed by atoms with Gasteiger partial charge in [-0.15, -0.1) is 0 Å². The third-order valence-corrected chi connectivity index (χ3v) is 5.55. The van der Waals surface area contributed by atoms with E-state index in [2.05, 4.69) is 68.2 Å². The van der Waals surface area contributed by atoms with Crippen molar-refractivity contribution >= 4 is 11.6 Å². The van der Waals surface area contributed by atoms with Gasteiger partial charge in [-0.05, 0) is 48.9 Å². The summed E-state index contributed by atoms with van der Waals surface area (Å²) in [5, 5.41) is 0.801. The summed E-state index contributed by atoms with van der Waals surface area (Å²) in [5.74, 6) is 1.52. The first kappa shape index (κ1) is 21.6. The summed E-state index contributed by atoms with van der Waals surface area (Å²) in [5.41, 5.74) is 5.92. The number of unbranched alkanes of at least 4 members (excludes halogenated alkanes) is 4. The van der Waals surface area contributed by atoms with Crippen molar-refractivity contribution in [1.29, 1.82) is 0 Å². The predicted octanol–water partition coefficient (Wildman–Crippen LogP) is 8.11. The molecule has 0 aliphatic rings. The van der Waals surface area contributed by atoms with Crippen LogP contribution in [-0.4, -0.2) is 9.97 Å². The molecule has 154 valence electrons. The van der Waals surface area contributed by atoms with E-state index in [0.717, 1.165) is 29.4 Å². The summed E-state index contributed by atoms with van der Waals surface area (Å²) in [6.07, 6.45) is 8.39. The zero-order valence-electron chi connectivity index (χ0n) is 18.0. The normalized spacial score (nSPS) is 11.3. The van der Waals surface area contributed by atoms with Gasteiger partial charge in [0.2, 0.25) is 0 Å². The van der Waals surface area contributed by atoms with Crippen molar-refractivity contribution in [2.24, 2.45) is 5.92 Å². The van der Waals surface area contributed by atoms with Crippen molar-refractivity contribution in [2.45, 2.75) is 65.7 Å². The zero-order chi connectivity index (χ0) is 20.6. The second-order valence-electron chi connectivity index (χ2n) is 8.34. The maximum absolute atomic E-state index is 6.34. The molecule has 0 bridgehead atoms. The van der Waals surface area contributed by atoms with E-state index in [4.69, 9.17) is 16.6 Å². The van der Waals surface area contributed by atoms with Crippen molar-refractivity contribution in [3.8, 4) is 22.6 Å². The summed E-state index contributed by atoms with van der Waals surface area (Å²) in [7, 11) is 0. The molecule has 29 heavy (non-hydrogen) atoms. The fraction of sp³-hybridized carbons (Fsp3) is 0.423. The van der Waals surface area contributed by atoms with Crippen LogP contribution in [0.1, 0.15) is 64.1 Å². The van der Waals surface area contributed by atoms with E-state index in [1.54, 1.807) is 0 Å². The van der Waals surface area contributed by atoms with E-state index in [1.807, 2.05) is 6.07 Å². The minimum atomic E-state index is 0.564. The number of halogens is 1. The van der Waals surface area contributed by atoms with Gasteiger partial charge in [-0.3, -0.25) is 0 Å². The van der Waals surface area contributed by atoms with E-state index in [-0.39, 0.29) is 0 Å². The van der Waals surface area contributed by atoms with Crippen LogP contribution in [0.15, 0.2) is 48.5 Å². The molecular weight excluding hydrogens is 376 g/mol. The standard InChI is InChI=1S/C26H33ClN2/c1-4-5-6-7-9-14-21-18-22(27)15-16-23(21)26-28-24(17-19(2)3)25(29-26)20-12-10-8-11-13-20/h8,10-13,15-16,18-19H,4-7,9,14,17H2,1-3H3,(H,28,29). The predicted molar refractivity (Wildman–Crippen MR) is 125 cm³/mol. The molecule has 0 amide bonds. The van der Waals surface area contributed by atoms with Crippen LogP contribution in [0.4, 0.5) is 0 Å². The number of aryl methyl sites for hydroxylation is 1. The van der Waals surface area contributed by atoms with Gasteiger partial charge in [0.15, 0.2) is 0 Å². The first-order chi connectivity index (χ1) is 14.1. The van der Waals surface area contributed by atoms with Gasteiger partial charge in [0.05, 0.1) is 5.69 Å². The van der Waals surface area contributed by atoms with Gasteiger partial charge in [0, 0.05) is 21.8 Å². The SMILES string of the molecule is CCCCCCCc1cc(Cl)ccc1-c1nc(-c2ccccc2)c(CC(C)C)[nH]1. The van der Waals surface area contributed by atoms with Crippen LogP contribution in [0.5, 0.6) is 0 Å². The monoisotopic (exact) mass is 408 g/mol. The summed E-state index contributed by atoms with van der Waals surface area (Å²) in [6.45, 7) is 6.75. The van der Waals surface area contributed by atoms with Crippen molar-refractivity contribution in [3.05, 3.63) is 64.8 Å². The first-order valence-corrected chi connectivity index (χ1v) is 11.4. The van der Waals surface area contributed by atoms with Crippen LogP contribution in [-0.2, 0) is 12.8 Å². The Labute approximate surface area is 180 Å². The molecule has 0 spiro atoms. The Morgan fingerprint density at radius 3 is 2.45 bits per heavy atom. The smallest absolute Gasteiger partial charge is 0.138 e. The molecular formula is C26H33ClN2. The van der Waals surface area contributed by atoms with E-state index < -0.39 is 0 Å². The Balaban J connectivity index is 1.92. The minimum Gasteiger partial charge on any atom is -0.341 e. The highest BCUT2D eigenvalue weighted by Gasteiger charge is 2.16. The number of H-pyrrole nitrogens is 1. The fourth-order valence-corrected chi connectivity index (χ4v) is 4.04. The van der Waals surface area contributed by atoms with Crippen LogP contribution < -0.4 is 0 Å². The maximum atomic E-state index is 6.34. The quantitative estimate of drug-likeness (QED) is 0.337. The molecule has 3 aromatic rings. The topological polar surface area (TPSA) is 28.7 Å². The van der Waals surface area contributed by atoms with Crippen LogP contribution in [0, 0.1) is 5.92 Å². The Kier molecular flexibility index (Phi) is 7.94. The van der Waals surface area contributed by atoms with Gasteiger partial charge in [0.1, 0.15) is 5.82 Å². The third kappa shape index (κ3) is 5.96. The van der Waals surface area contributed by atoms with Gasteiger partial charge in [-0.25, -0.2) is 4.98 Å². The Bertz CT molecular complexity index is 896. The molecule has 1 N–H and O–H groups in total. The maximum Gasteiger partial charge on any atom is 0.138 e. The number of nitrogens with one attached hydrogen (secondary N) is 1. The third-order valence-electron chi connectivity index (χ3n) is 5.31. The van der Waals surface area contributed by atoms with Gasteiger partial charge in [-0.2, -0.15) is 0 Å². The highest BCUT2D eigenvalue weighted by Crippen LogP contribution is 2.31. The molecule has 2 aromatic carbocycles. The molecule has 3 heteroatoms. The van der Waals surface area contributed by atoms with Gasteiger partial charge >= 0.3 is 0 Å². The van der Waals surface area contributed by atoms with Crippen LogP contribution in [0.3, 0.4) is 0 Å².